The summed E-state index contributed by atoms with van der Waals surface area (Å²) >= 11 is 11.2. The van der Waals surface area contributed by atoms with Crippen LogP contribution in [0.2, 0.25) is 0 Å². The third-order valence-corrected chi connectivity index (χ3v) is 2.61. The highest BCUT2D eigenvalue weighted by atomic mass is 32.1. The maximum Gasteiger partial charge on any atom is 0.201 e. The van der Waals surface area contributed by atoms with E-state index in [0.717, 1.165) is 0 Å². The Hall–Kier alpha value is -0.590. The summed E-state index contributed by atoms with van der Waals surface area (Å²) < 4.78 is 0. The van der Waals surface area contributed by atoms with Gasteiger partial charge in [0.15, 0.2) is 0 Å². The summed E-state index contributed by atoms with van der Waals surface area (Å²) in [6, 6.07) is 4.34. The van der Waals surface area contributed by atoms with E-state index >= 15 is 0 Å². The van der Waals surface area contributed by atoms with Gasteiger partial charge in [-0.05, 0) is 18.2 Å². The van der Waals surface area contributed by atoms with Crippen LogP contribution in [-0.4, -0.2) is 15.3 Å². The second-order valence-electron chi connectivity index (χ2n) is 2.85. The van der Waals surface area contributed by atoms with Crippen LogP contribution in [0, 0.1) is 0 Å². The maximum atomic E-state index is 11.1. The van der Waals surface area contributed by atoms with E-state index in [1.807, 2.05) is 0 Å². The SMILES string of the molecule is O=C(S)C(C(=O)S)c1cc(S)ccc1O. The average molecular weight is 260 g/mol. The normalized spacial score (nSPS) is 10.4. The molecule has 1 rings (SSSR count). The number of hydrogen-bond donors (Lipinski definition) is 4. The molecule has 0 atom stereocenters. The molecule has 0 bridgehead atoms. The molecule has 80 valence electrons. The minimum atomic E-state index is -1.16. The second kappa shape index (κ2) is 4.96. The molecule has 0 radical (unpaired) electrons. The van der Waals surface area contributed by atoms with E-state index in [4.69, 9.17) is 0 Å². The highest BCUT2D eigenvalue weighted by Crippen LogP contribution is 2.31. The van der Waals surface area contributed by atoms with Crippen molar-refractivity contribution in [1.29, 1.82) is 0 Å². The van der Waals surface area contributed by atoms with E-state index in [-0.39, 0.29) is 11.3 Å². The van der Waals surface area contributed by atoms with Crippen molar-refractivity contribution in [2.24, 2.45) is 0 Å². The first kappa shape index (κ1) is 12.5. The number of phenolic OH excluding ortho intramolecular Hbond substituents is 1. The molecule has 1 N–H and O–H groups in total. The molecular weight excluding hydrogens is 252 g/mol. The van der Waals surface area contributed by atoms with E-state index < -0.39 is 16.1 Å². The zero-order chi connectivity index (χ0) is 11.6. The van der Waals surface area contributed by atoms with Crippen molar-refractivity contribution < 1.29 is 14.7 Å². The van der Waals surface area contributed by atoms with Crippen LogP contribution < -0.4 is 0 Å². The van der Waals surface area contributed by atoms with Crippen LogP contribution in [0.25, 0.3) is 0 Å². The fourth-order valence-electron chi connectivity index (χ4n) is 1.14. The molecule has 0 aliphatic carbocycles. The van der Waals surface area contributed by atoms with Crippen molar-refractivity contribution in [3.63, 3.8) is 0 Å². The van der Waals surface area contributed by atoms with E-state index in [2.05, 4.69) is 37.9 Å². The standard InChI is InChI=1S/C9H8O3S3/c10-6-2-1-4(13)3-5(6)7(8(11)14)9(12)15/h1-3,7,10,13H,(H,11,14)(H,12,15). The first-order chi connectivity index (χ1) is 6.93. The number of rotatable bonds is 3. The Labute approximate surface area is 103 Å². The number of carbonyl (C=O) groups is 2. The second-order valence-corrected chi connectivity index (χ2v) is 4.25. The molecule has 0 amide bonds. The zero-order valence-electron chi connectivity index (χ0n) is 7.41. The topological polar surface area (TPSA) is 54.4 Å². The molecule has 0 saturated heterocycles. The number of carbonyl (C=O) groups excluding carboxylic acids is 2. The number of hydrogen-bond acceptors (Lipinski definition) is 4. The molecule has 6 heteroatoms. The lowest BCUT2D eigenvalue weighted by molar-refractivity contribution is -0.119. The summed E-state index contributed by atoms with van der Waals surface area (Å²) in [6.45, 7) is 0. The van der Waals surface area contributed by atoms with Gasteiger partial charge in [-0.25, -0.2) is 0 Å². The number of aromatic hydroxyl groups is 1. The van der Waals surface area contributed by atoms with Gasteiger partial charge in [-0.3, -0.25) is 9.59 Å². The van der Waals surface area contributed by atoms with Gasteiger partial charge in [-0.2, -0.15) is 0 Å². The quantitative estimate of drug-likeness (QED) is 0.494. The van der Waals surface area contributed by atoms with Crippen molar-refractivity contribution in [1.82, 2.24) is 0 Å². The summed E-state index contributed by atoms with van der Waals surface area (Å²) in [7, 11) is 0. The maximum absolute atomic E-state index is 11.1. The molecule has 0 fully saturated rings. The average Bonchev–Trinajstić information content (AvgIpc) is 2.10. The summed E-state index contributed by atoms with van der Waals surface area (Å²) in [5.41, 5.74) is 0.169. The van der Waals surface area contributed by atoms with Crippen molar-refractivity contribution >= 4 is 48.1 Å². The van der Waals surface area contributed by atoms with Gasteiger partial charge in [0.2, 0.25) is 10.2 Å². The van der Waals surface area contributed by atoms with Gasteiger partial charge in [0.1, 0.15) is 11.7 Å². The Kier molecular flexibility index (Phi) is 4.12. The van der Waals surface area contributed by atoms with E-state index in [1.165, 1.54) is 12.1 Å². The third kappa shape index (κ3) is 2.93. The first-order valence-electron chi connectivity index (χ1n) is 3.91. The molecule has 0 saturated carbocycles. The van der Waals surface area contributed by atoms with Gasteiger partial charge in [-0.15, -0.1) is 37.9 Å². The summed E-state index contributed by atoms with van der Waals surface area (Å²) in [4.78, 5) is 22.8. The van der Waals surface area contributed by atoms with Crippen LogP contribution in [0.4, 0.5) is 0 Å². The molecule has 0 aromatic heterocycles. The van der Waals surface area contributed by atoms with Crippen LogP contribution in [0.5, 0.6) is 5.75 Å². The molecule has 1 aromatic rings. The van der Waals surface area contributed by atoms with Crippen molar-refractivity contribution in [3.8, 4) is 5.75 Å². The summed E-state index contributed by atoms with van der Waals surface area (Å²) in [5, 5.41) is 8.17. The van der Waals surface area contributed by atoms with E-state index in [9.17, 15) is 14.7 Å². The van der Waals surface area contributed by atoms with Crippen LogP contribution in [0.3, 0.4) is 0 Å². The third-order valence-electron chi connectivity index (χ3n) is 1.82. The van der Waals surface area contributed by atoms with E-state index in [1.54, 1.807) is 6.07 Å². The Bertz CT molecular complexity index is 403. The Morgan fingerprint density at radius 3 is 2.20 bits per heavy atom. The molecule has 0 aliphatic heterocycles. The van der Waals surface area contributed by atoms with E-state index in [0.29, 0.717) is 4.90 Å². The molecule has 0 heterocycles. The predicted molar refractivity (Wildman–Crippen MR) is 66.1 cm³/mol. The molecule has 0 unspecified atom stereocenters. The van der Waals surface area contributed by atoms with Crippen LogP contribution >= 0.6 is 37.9 Å². The minimum Gasteiger partial charge on any atom is -0.508 e. The van der Waals surface area contributed by atoms with Gasteiger partial charge in [0.25, 0.3) is 0 Å². The predicted octanol–water partition coefficient (Wildman–Crippen LogP) is 1.68. The molecule has 3 nitrogen and oxygen atoms in total. The lowest BCUT2D eigenvalue weighted by Crippen LogP contribution is -2.14. The molecule has 15 heavy (non-hydrogen) atoms. The van der Waals surface area contributed by atoms with Crippen LogP contribution in [0.1, 0.15) is 11.5 Å². The fraction of sp³-hybridized carbons (Fsp3) is 0.111. The molecule has 0 spiro atoms. The van der Waals surface area contributed by atoms with Crippen molar-refractivity contribution in [2.75, 3.05) is 0 Å². The van der Waals surface area contributed by atoms with Crippen molar-refractivity contribution in [2.45, 2.75) is 10.8 Å². The Morgan fingerprint density at radius 2 is 1.73 bits per heavy atom. The molecule has 0 aliphatic rings. The molecule has 1 aromatic carbocycles. The van der Waals surface area contributed by atoms with Gasteiger partial charge < -0.3 is 5.11 Å². The van der Waals surface area contributed by atoms with Crippen LogP contribution in [-0.2, 0) is 9.59 Å². The zero-order valence-corrected chi connectivity index (χ0v) is 10.1. The van der Waals surface area contributed by atoms with Gasteiger partial charge >= 0.3 is 0 Å². The Balaban J connectivity index is 3.28. The lowest BCUT2D eigenvalue weighted by atomic mass is 10.0. The highest BCUT2D eigenvalue weighted by molar-refractivity contribution is 7.99. The number of benzene rings is 1. The lowest BCUT2D eigenvalue weighted by Gasteiger charge is -2.11. The smallest absolute Gasteiger partial charge is 0.201 e. The summed E-state index contributed by atoms with van der Waals surface area (Å²) in [6.07, 6.45) is 0. The van der Waals surface area contributed by atoms with Gasteiger partial charge in [0, 0.05) is 10.5 Å². The minimum absolute atomic E-state index is 0.150. The number of phenols is 1. The highest BCUT2D eigenvalue weighted by Gasteiger charge is 2.26. The fourth-order valence-corrected chi connectivity index (χ4v) is 1.97. The van der Waals surface area contributed by atoms with Crippen LogP contribution in [0.15, 0.2) is 23.1 Å². The monoisotopic (exact) mass is 260 g/mol. The first-order valence-corrected chi connectivity index (χ1v) is 5.25. The van der Waals surface area contributed by atoms with Gasteiger partial charge in [0.05, 0.1) is 0 Å². The molecular formula is C9H8O3S3. The number of thiol groups is 3. The largest absolute Gasteiger partial charge is 0.508 e. The van der Waals surface area contributed by atoms with Crippen molar-refractivity contribution in [3.05, 3.63) is 23.8 Å². The Morgan fingerprint density at radius 1 is 1.20 bits per heavy atom. The van der Waals surface area contributed by atoms with Gasteiger partial charge in [-0.1, -0.05) is 0 Å². The summed E-state index contributed by atoms with van der Waals surface area (Å²) in [5.74, 6) is -1.31.